The minimum absolute atomic E-state index is 0.525. The minimum atomic E-state index is 0.525. The summed E-state index contributed by atoms with van der Waals surface area (Å²) in [6.07, 6.45) is 0. The van der Waals surface area contributed by atoms with E-state index in [1.807, 2.05) is 19.9 Å². The molecule has 1 aromatic rings. The second kappa shape index (κ2) is 5.31. The van der Waals surface area contributed by atoms with Crippen molar-refractivity contribution in [1.82, 2.24) is 0 Å². The smallest absolute Gasteiger partial charge is 0.209 e. The van der Waals surface area contributed by atoms with Gasteiger partial charge in [-0.2, -0.15) is 0 Å². The summed E-state index contributed by atoms with van der Waals surface area (Å²) in [5.74, 6) is 0. The van der Waals surface area contributed by atoms with E-state index >= 15 is 0 Å². The molecule has 11 heavy (non-hydrogen) atoms. The van der Waals surface area contributed by atoms with E-state index in [4.69, 9.17) is 12.3 Å². The molecule has 0 saturated carbocycles. The van der Waals surface area contributed by atoms with Crippen molar-refractivity contribution in [1.29, 1.82) is 0 Å². The average molecular weight is 148 g/mol. The number of nitrogens with zero attached hydrogens (tertiary/aromatic N) is 1. The summed E-state index contributed by atoms with van der Waals surface area (Å²) >= 11 is 0. The molecule has 0 unspecified atom stereocenters. The molecule has 2 nitrogen and oxygen atoms in total. The number of hydrogen-bond donors (Lipinski definition) is 1. The van der Waals surface area contributed by atoms with Crippen LogP contribution in [0.1, 0.15) is 13.8 Å². The van der Waals surface area contributed by atoms with Gasteiger partial charge in [-0.15, -0.1) is 0 Å². The number of benzene rings is 1. The quantitative estimate of drug-likeness (QED) is 0.445. The van der Waals surface area contributed by atoms with Gasteiger partial charge >= 0.3 is 0 Å². The summed E-state index contributed by atoms with van der Waals surface area (Å²) in [6.45, 7) is 10.6. The van der Waals surface area contributed by atoms with E-state index in [0.29, 0.717) is 11.4 Å². The maximum Gasteiger partial charge on any atom is 0.209 e. The highest BCUT2D eigenvalue weighted by molar-refractivity contribution is 5.66. The van der Waals surface area contributed by atoms with Gasteiger partial charge in [0.05, 0.1) is 6.57 Å². The first kappa shape index (κ1) is 9.51. The molecular formula is C9H12N2. The highest BCUT2D eigenvalue weighted by atomic mass is 14.7. The molecule has 0 heterocycles. The van der Waals surface area contributed by atoms with Crippen LogP contribution in [0.5, 0.6) is 0 Å². The topological polar surface area (TPSA) is 30.4 Å². The molecular weight excluding hydrogens is 136 g/mol. The van der Waals surface area contributed by atoms with Crippen molar-refractivity contribution in [3.63, 3.8) is 0 Å². The van der Waals surface area contributed by atoms with Gasteiger partial charge in [0.25, 0.3) is 0 Å². The van der Waals surface area contributed by atoms with Crippen LogP contribution in [0.25, 0.3) is 4.85 Å². The van der Waals surface area contributed by atoms with E-state index in [1.165, 1.54) is 0 Å². The van der Waals surface area contributed by atoms with Gasteiger partial charge < -0.3 is 5.73 Å². The Bertz CT molecular complexity index is 248. The average Bonchev–Trinajstić information content (AvgIpc) is 2.09. The Labute approximate surface area is 67.5 Å². The van der Waals surface area contributed by atoms with Crippen molar-refractivity contribution in [2.75, 3.05) is 5.73 Å². The second-order valence-corrected chi connectivity index (χ2v) is 1.67. The Morgan fingerprint density at radius 1 is 1.27 bits per heavy atom. The van der Waals surface area contributed by atoms with Crippen molar-refractivity contribution in [2.24, 2.45) is 0 Å². The molecule has 1 rings (SSSR count). The summed E-state index contributed by atoms with van der Waals surface area (Å²) in [6, 6.07) is 7.02. The number of nitrogen functional groups attached to an aromatic ring is 1. The number of para-hydroxylation sites is 2. The first-order chi connectivity index (χ1) is 5.34. The number of nitrogens with two attached hydrogens (primary N) is 1. The molecule has 0 amide bonds. The molecule has 0 aliphatic heterocycles. The van der Waals surface area contributed by atoms with Crippen molar-refractivity contribution in [3.8, 4) is 0 Å². The number of rotatable bonds is 0. The Hall–Kier alpha value is -1.49. The summed E-state index contributed by atoms with van der Waals surface area (Å²) < 4.78 is 0. The van der Waals surface area contributed by atoms with Gasteiger partial charge in [-0.25, -0.2) is 4.85 Å². The highest BCUT2D eigenvalue weighted by Crippen LogP contribution is 2.19. The third-order valence-corrected chi connectivity index (χ3v) is 1.06. The normalized spacial score (nSPS) is 7.36. The largest absolute Gasteiger partial charge is 0.407 e. The summed E-state index contributed by atoms with van der Waals surface area (Å²) in [5.41, 5.74) is 6.49. The summed E-state index contributed by atoms with van der Waals surface area (Å²) in [5, 5.41) is 0. The molecule has 0 fully saturated rings. The van der Waals surface area contributed by atoms with Crippen LogP contribution in [0.4, 0.5) is 11.4 Å². The van der Waals surface area contributed by atoms with Crippen molar-refractivity contribution in [2.45, 2.75) is 13.8 Å². The second-order valence-electron chi connectivity index (χ2n) is 1.67. The van der Waals surface area contributed by atoms with E-state index < -0.39 is 0 Å². The van der Waals surface area contributed by atoms with Crippen LogP contribution in [0, 0.1) is 6.57 Å². The molecule has 0 aromatic heterocycles. The fraction of sp³-hybridized carbons (Fsp3) is 0.222. The van der Waals surface area contributed by atoms with Gasteiger partial charge in [-0.05, 0) is 0 Å². The Balaban J connectivity index is 0.000000461. The van der Waals surface area contributed by atoms with Gasteiger partial charge in [0, 0.05) is 5.69 Å². The van der Waals surface area contributed by atoms with Gasteiger partial charge in [-0.3, -0.25) is 0 Å². The third kappa shape index (κ3) is 2.72. The summed E-state index contributed by atoms with van der Waals surface area (Å²) in [7, 11) is 0. The maximum atomic E-state index is 6.63. The van der Waals surface area contributed by atoms with E-state index in [0.717, 1.165) is 0 Å². The van der Waals surface area contributed by atoms with Crippen LogP contribution in [0.3, 0.4) is 0 Å². The monoisotopic (exact) mass is 148 g/mol. The van der Waals surface area contributed by atoms with E-state index in [2.05, 4.69) is 4.85 Å². The zero-order valence-corrected chi connectivity index (χ0v) is 6.83. The SMILES string of the molecule is CC.[C-]#[N+]c1ccccc1N. The molecule has 2 N–H and O–H groups in total. The predicted octanol–water partition coefficient (Wildman–Crippen LogP) is 2.85. The zero-order valence-electron chi connectivity index (χ0n) is 6.83. The molecule has 1 aromatic carbocycles. The molecule has 2 heteroatoms. The molecule has 0 aliphatic rings. The molecule has 58 valence electrons. The lowest BCUT2D eigenvalue weighted by atomic mass is 10.3. The number of anilines is 1. The first-order valence-corrected chi connectivity index (χ1v) is 3.56. The van der Waals surface area contributed by atoms with Crippen LogP contribution in [0.15, 0.2) is 24.3 Å². The lowest BCUT2D eigenvalue weighted by Gasteiger charge is -1.91. The van der Waals surface area contributed by atoms with Crippen LogP contribution in [0.2, 0.25) is 0 Å². The fourth-order valence-electron chi connectivity index (χ4n) is 0.589. The van der Waals surface area contributed by atoms with Crippen molar-refractivity contribution in [3.05, 3.63) is 35.7 Å². The maximum absolute atomic E-state index is 6.63. The fourth-order valence-corrected chi connectivity index (χ4v) is 0.589. The molecule has 0 saturated heterocycles. The molecule has 0 aliphatic carbocycles. The Morgan fingerprint density at radius 3 is 2.18 bits per heavy atom. The standard InChI is InChI=1S/C7H6N2.C2H6/c1-9-7-5-3-2-4-6(7)8;1-2/h2-5H,8H2;1-2H3. The Kier molecular flexibility index (Phi) is 4.59. The predicted molar refractivity (Wildman–Crippen MR) is 48.5 cm³/mol. The number of hydrogen-bond acceptors (Lipinski definition) is 1. The molecule has 0 bridgehead atoms. The lowest BCUT2D eigenvalue weighted by Crippen LogP contribution is -1.81. The summed E-state index contributed by atoms with van der Waals surface area (Å²) in [4.78, 5) is 3.20. The van der Waals surface area contributed by atoms with Crippen LogP contribution in [-0.2, 0) is 0 Å². The zero-order chi connectivity index (χ0) is 8.69. The van der Waals surface area contributed by atoms with Gasteiger partial charge in [0.1, 0.15) is 0 Å². The van der Waals surface area contributed by atoms with Gasteiger partial charge in [0.2, 0.25) is 5.69 Å². The lowest BCUT2D eigenvalue weighted by molar-refractivity contribution is 1.50. The van der Waals surface area contributed by atoms with E-state index in [1.54, 1.807) is 18.2 Å². The van der Waals surface area contributed by atoms with Crippen LogP contribution < -0.4 is 5.73 Å². The first-order valence-electron chi connectivity index (χ1n) is 3.56. The van der Waals surface area contributed by atoms with Crippen LogP contribution in [-0.4, -0.2) is 0 Å². The van der Waals surface area contributed by atoms with Gasteiger partial charge in [-0.1, -0.05) is 38.1 Å². The van der Waals surface area contributed by atoms with Crippen molar-refractivity contribution < 1.29 is 0 Å². The third-order valence-electron chi connectivity index (χ3n) is 1.06. The van der Waals surface area contributed by atoms with Crippen LogP contribution >= 0.6 is 0 Å². The molecule has 0 radical (unpaired) electrons. The van der Waals surface area contributed by atoms with E-state index in [9.17, 15) is 0 Å². The van der Waals surface area contributed by atoms with E-state index in [-0.39, 0.29) is 0 Å². The minimum Gasteiger partial charge on any atom is -0.407 e. The molecule has 0 atom stereocenters. The Morgan fingerprint density at radius 2 is 1.82 bits per heavy atom. The molecule has 0 spiro atoms. The van der Waals surface area contributed by atoms with Crippen molar-refractivity contribution >= 4 is 11.4 Å². The highest BCUT2D eigenvalue weighted by Gasteiger charge is 1.91. The van der Waals surface area contributed by atoms with Gasteiger partial charge in [0.15, 0.2) is 0 Å².